The Morgan fingerprint density at radius 2 is 2.32 bits per heavy atom. The third kappa shape index (κ3) is 4.05. The summed E-state index contributed by atoms with van der Waals surface area (Å²) in [5, 5.41) is 2.73. The van der Waals surface area contributed by atoms with Gasteiger partial charge < -0.3 is 15.8 Å². The fourth-order valence-electron chi connectivity index (χ4n) is 1.36. The summed E-state index contributed by atoms with van der Waals surface area (Å²) in [5.41, 5.74) is 5.01. The van der Waals surface area contributed by atoms with Gasteiger partial charge in [-0.3, -0.25) is 4.79 Å². The largest absolute Gasteiger partial charge is 0.369 e. The number of carbonyl (C=O) groups excluding carboxylic acids is 1. The monoisotopic (exact) mass is 261 g/mol. The minimum Gasteiger partial charge on any atom is -0.369 e. The average molecular weight is 261 g/mol. The first-order chi connectivity index (χ1) is 9.05. The Morgan fingerprint density at radius 1 is 1.58 bits per heavy atom. The van der Waals surface area contributed by atoms with Crippen LogP contribution >= 0.6 is 0 Å². The van der Waals surface area contributed by atoms with Crippen molar-refractivity contribution < 1.29 is 9.53 Å². The highest BCUT2D eigenvalue weighted by Gasteiger charge is 2.31. The highest BCUT2D eigenvalue weighted by molar-refractivity contribution is 5.96. The molecule has 0 aliphatic carbocycles. The Balaban J connectivity index is 2.85. The molecule has 1 aromatic rings. The normalized spacial score (nSPS) is 13.1. The zero-order chi connectivity index (χ0) is 14.3. The molecule has 1 rings (SSSR count). The van der Waals surface area contributed by atoms with Gasteiger partial charge in [-0.25, -0.2) is 4.98 Å². The van der Waals surface area contributed by atoms with E-state index in [-0.39, 0.29) is 12.5 Å². The van der Waals surface area contributed by atoms with E-state index in [1.807, 2.05) is 6.92 Å². The molecule has 1 aromatic heterocycles. The molecule has 19 heavy (non-hydrogen) atoms. The van der Waals surface area contributed by atoms with Crippen LogP contribution in [0.2, 0.25) is 0 Å². The van der Waals surface area contributed by atoms with E-state index in [1.54, 1.807) is 25.1 Å². The number of amides is 1. The van der Waals surface area contributed by atoms with E-state index in [4.69, 9.17) is 10.5 Å². The quantitative estimate of drug-likeness (QED) is 0.797. The number of nitrogens with zero attached hydrogens (tertiary/aromatic N) is 1. The maximum absolute atomic E-state index is 12.1. The molecule has 0 aliphatic heterocycles. The number of aromatic nitrogens is 1. The number of methoxy groups -OCH3 is 1. The van der Waals surface area contributed by atoms with Crippen molar-refractivity contribution in [1.29, 1.82) is 0 Å². The molecule has 0 aliphatic rings. The topological polar surface area (TPSA) is 77.2 Å². The number of nitrogens with two attached hydrogens (primary N) is 1. The number of anilines is 1. The molecule has 0 radical (unpaired) electrons. The number of ether oxygens (including phenoxy) is 1. The molecule has 0 bridgehead atoms. The van der Waals surface area contributed by atoms with Gasteiger partial charge in [-0.05, 0) is 31.4 Å². The molecule has 0 saturated carbocycles. The first kappa shape index (κ1) is 15.2. The molecule has 1 unspecified atom stereocenters. The van der Waals surface area contributed by atoms with Crippen LogP contribution in [0.25, 0.3) is 0 Å². The van der Waals surface area contributed by atoms with Crippen molar-refractivity contribution in [3.63, 3.8) is 0 Å². The van der Waals surface area contributed by atoms with Crippen LogP contribution in [0.3, 0.4) is 0 Å². The molecule has 3 N–H and O–H groups in total. The van der Waals surface area contributed by atoms with Crippen LogP contribution in [0.4, 0.5) is 5.82 Å². The number of rotatable bonds is 4. The lowest BCUT2D eigenvalue weighted by Gasteiger charge is -2.24. The van der Waals surface area contributed by atoms with Gasteiger partial charge in [0.2, 0.25) is 0 Å². The zero-order valence-electron chi connectivity index (χ0n) is 11.5. The van der Waals surface area contributed by atoms with Crippen LogP contribution < -0.4 is 11.1 Å². The number of pyridine rings is 1. The van der Waals surface area contributed by atoms with E-state index < -0.39 is 5.60 Å². The van der Waals surface area contributed by atoms with Gasteiger partial charge in [0.1, 0.15) is 17.1 Å². The Morgan fingerprint density at radius 3 is 2.89 bits per heavy atom. The fraction of sp³-hybridized carbons (Fsp3) is 0.429. The van der Waals surface area contributed by atoms with Crippen molar-refractivity contribution in [2.45, 2.75) is 25.9 Å². The summed E-state index contributed by atoms with van der Waals surface area (Å²) < 4.78 is 5.23. The minimum atomic E-state index is -0.860. The highest BCUT2D eigenvalue weighted by Crippen LogP contribution is 2.16. The standard InChI is InChI=1S/C14H19N3O2/c1-4-14(2,19-3)13(18)17-12-9-5-7-11(16-12)8-6-10-15/h5,7,9H,4,10,15H2,1-3H3,(H,16,17,18). The summed E-state index contributed by atoms with van der Waals surface area (Å²) in [4.78, 5) is 16.3. The van der Waals surface area contributed by atoms with E-state index in [0.717, 1.165) is 0 Å². The molecule has 1 heterocycles. The zero-order valence-corrected chi connectivity index (χ0v) is 11.5. The summed E-state index contributed by atoms with van der Waals surface area (Å²) in [6, 6.07) is 5.24. The van der Waals surface area contributed by atoms with Crippen molar-refractivity contribution in [1.82, 2.24) is 4.98 Å². The summed E-state index contributed by atoms with van der Waals surface area (Å²) >= 11 is 0. The molecular formula is C14H19N3O2. The lowest BCUT2D eigenvalue weighted by Crippen LogP contribution is -2.41. The second kappa shape index (κ2) is 6.88. The van der Waals surface area contributed by atoms with Gasteiger partial charge in [-0.2, -0.15) is 0 Å². The van der Waals surface area contributed by atoms with Gasteiger partial charge in [-0.15, -0.1) is 0 Å². The third-order valence-electron chi connectivity index (χ3n) is 2.91. The average Bonchev–Trinajstić information content (AvgIpc) is 2.44. The molecule has 0 fully saturated rings. The lowest BCUT2D eigenvalue weighted by molar-refractivity contribution is -0.136. The van der Waals surface area contributed by atoms with Gasteiger partial charge >= 0.3 is 0 Å². The first-order valence-corrected chi connectivity index (χ1v) is 6.08. The van der Waals surface area contributed by atoms with E-state index in [0.29, 0.717) is 17.9 Å². The predicted molar refractivity (Wildman–Crippen MR) is 74.5 cm³/mol. The van der Waals surface area contributed by atoms with Crippen LogP contribution in [-0.4, -0.2) is 30.1 Å². The van der Waals surface area contributed by atoms with Gasteiger partial charge in [0.05, 0.1) is 6.54 Å². The summed E-state index contributed by atoms with van der Waals surface area (Å²) in [5.74, 6) is 5.75. The molecule has 0 aromatic carbocycles. The fourth-order valence-corrected chi connectivity index (χ4v) is 1.36. The summed E-state index contributed by atoms with van der Waals surface area (Å²) in [6.07, 6.45) is 0.571. The van der Waals surface area contributed by atoms with Gasteiger partial charge in [0, 0.05) is 7.11 Å². The number of hydrogen-bond donors (Lipinski definition) is 2. The SMILES string of the molecule is CCC(C)(OC)C(=O)Nc1cccc(C#CCN)n1. The lowest BCUT2D eigenvalue weighted by atomic mass is 10.0. The molecule has 1 atom stereocenters. The van der Waals surface area contributed by atoms with Crippen LogP contribution in [0.1, 0.15) is 26.0 Å². The van der Waals surface area contributed by atoms with Crippen molar-refractivity contribution in [2.75, 3.05) is 19.0 Å². The predicted octanol–water partition coefficient (Wildman–Crippen LogP) is 1.15. The Labute approximate surface area is 113 Å². The van der Waals surface area contributed by atoms with Gasteiger partial charge in [0.25, 0.3) is 5.91 Å². The molecule has 0 spiro atoms. The van der Waals surface area contributed by atoms with Crippen molar-refractivity contribution in [3.8, 4) is 11.8 Å². The van der Waals surface area contributed by atoms with E-state index in [9.17, 15) is 4.79 Å². The van der Waals surface area contributed by atoms with Gasteiger partial charge in [-0.1, -0.05) is 18.9 Å². The van der Waals surface area contributed by atoms with E-state index >= 15 is 0 Å². The maximum Gasteiger partial charge on any atom is 0.257 e. The van der Waals surface area contributed by atoms with Crippen molar-refractivity contribution in [3.05, 3.63) is 23.9 Å². The third-order valence-corrected chi connectivity index (χ3v) is 2.91. The molecule has 0 saturated heterocycles. The summed E-state index contributed by atoms with van der Waals surface area (Å²) in [6.45, 7) is 3.90. The van der Waals surface area contributed by atoms with Crippen molar-refractivity contribution in [2.24, 2.45) is 5.73 Å². The molecule has 102 valence electrons. The summed E-state index contributed by atoms with van der Waals surface area (Å²) in [7, 11) is 1.51. The van der Waals surface area contributed by atoms with E-state index in [2.05, 4.69) is 22.1 Å². The highest BCUT2D eigenvalue weighted by atomic mass is 16.5. The number of carbonyl (C=O) groups is 1. The molecule has 5 heteroatoms. The van der Waals surface area contributed by atoms with Crippen LogP contribution in [0.15, 0.2) is 18.2 Å². The van der Waals surface area contributed by atoms with Crippen LogP contribution in [0.5, 0.6) is 0 Å². The van der Waals surface area contributed by atoms with Crippen molar-refractivity contribution >= 4 is 11.7 Å². The molecule has 5 nitrogen and oxygen atoms in total. The smallest absolute Gasteiger partial charge is 0.257 e. The minimum absolute atomic E-state index is 0.228. The Bertz CT molecular complexity index is 499. The number of hydrogen-bond acceptors (Lipinski definition) is 4. The van der Waals surface area contributed by atoms with Crippen LogP contribution in [-0.2, 0) is 9.53 Å². The van der Waals surface area contributed by atoms with Gasteiger partial charge in [0.15, 0.2) is 0 Å². The number of nitrogens with one attached hydrogen (secondary N) is 1. The second-order valence-corrected chi connectivity index (χ2v) is 4.16. The Kier molecular flexibility index (Phi) is 5.49. The van der Waals surface area contributed by atoms with E-state index in [1.165, 1.54) is 7.11 Å². The van der Waals surface area contributed by atoms with Crippen LogP contribution in [0, 0.1) is 11.8 Å². The molecular weight excluding hydrogens is 242 g/mol. The second-order valence-electron chi connectivity index (χ2n) is 4.16. The Hall–Kier alpha value is -1.90. The maximum atomic E-state index is 12.1. The molecule has 1 amide bonds. The first-order valence-electron chi connectivity index (χ1n) is 6.08.